The second kappa shape index (κ2) is 11.6. The van der Waals surface area contributed by atoms with Crippen molar-refractivity contribution in [1.82, 2.24) is 5.01 Å². The fraction of sp³-hybridized carbons (Fsp3) is 0.147. The van der Waals surface area contributed by atoms with Crippen molar-refractivity contribution in [2.24, 2.45) is 10.8 Å². The van der Waals surface area contributed by atoms with Gasteiger partial charge in [-0.1, -0.05) is 41.9 Å². The molecule has 43 heavy (non-hydrogen) atoms. The third-order valence-electron chi connectivity index (χ3n) is 7.69. The molecule has 0 spiro atoms. The van der Waals surface area contributed by atoms with Gasteiger partial charge in [0.15, 0.2) is 5.11 Å². The maximum absolute atomic E-state index is 13.4. The maximum atomic E-state index is 13.4. The van der Waals surface area contributed by atoms with Gasteiger partial charge in [-0.25, -0.2) is 9.80 Å². The first-order chi connectivity index (χ1) is 20.6. The molecule has 0 bridgehead atoms. The van der Waals surface area contributed by atoms with E-state index in [0.717, 1.165) is 54.5 Å². The van der Waals surface area contributed by atoms with Gasteiger partial charge >= 0.3 is 5.63 Å². The Hall–Kier alpha value is -3.98. The Kier molecular flexibility index (Phi) is 7.85. The first-order valence-corrected chi connectivity index (χ1v) is 15.2. The van der Waals surface area contributed by atoms with Crippen LogP contribution in [0.2, 0.25) is 5.02 Å². The summed E-state index contributed by atoms with van der Waals surface area (Å²) in [6.07, 6.45) is 0.617. The number of rotatable bonds is 5. The topological polar surface area (TPSA) is 81.1 Å². The molecule has 0 fully saturated rings. The predicted molar refractivity (Wildman–Crippen MR) is 181 cm³/mol. The summed E-state index contributed by atoms with van der Waals surface area (Å²) < 4.78 is 12.2. The summed E-state index contributed by atoms with van der Waals surface area (Å²) in [4.78, 5) is 13.4. The Labute approximate surface area is 267 Å². The molecule has 5 aromatic rings. The molecule has 2 N–H and O–H groups in total. The van der Waals surface area contributed by atoms with Crippen molar-refractivity contribution >= 4 is 61.5 Å². The lowest BCUT2D eigenvalue weighted by atomic mass is 9.92. The van der Waals surface area contributed by atoms with Crippen molar-refractivity contribution in [3.63, 3.8) is 0 Å². The number of hydrogen-bond acceptors (Lipinski definition) is 5. The predicted octanol–water partition coefficient (Wildman–Crippen LogP) is 8.56. The highest BCUT2D eigenvalue weighted by atomic mass is 79.9. The number of nitrogens with zero attached hydrogens (tertiary/aromatic N) is 2. The molecule has 1 aliphatic heterocycles. The lowest BCUT2D eigenvalue weighted by molar-refractivity contribution is 0.373. The van der Waals surface area contributed by atoms with E-state index in [-0.39, 0.29) is 11.2 Å². The molecule has 1 unspecified atom stereocenters. The van der Waals surface area contributed by atoms with E-state index < -0.39 is 5.63 Å². The van der Waals surface area contributed by atoms with Crippen LogP contribution >= 0.6 is 39.7 Å². The van der Waals surface area contributed by atoms with E-state index in [1.165, 1.54) is 0 Å². The molecule has 0 saturated heterocycles. The number of nitrogens with two attached hydrogens (primary N) is 1. The summed E-state index contributed by atoms with van der Waals surface area (Å²) in [5, 5.41) is 8.21. The van der Waals surface area contributed by atoms with Gasteiger partial charge in [0.2, 0.25) is 0 Å². The number of hydrazone groups is 1. The molecule has 0 aliphatic carbocycles. The Morgan fingerprint density at radius 3 is 2.44 bits per heavy atom. The van der Waals surface area contributed by atoms with Gasteiger partial charge in [-0.2, -0.15) is 5.10 Å². The number of aryl methyl sites for hydroxylation is 2. The summed E-state index contributed by atoms with van der Waals surface area (Å²) in [5.41, 5.74) is 14.1. The molecule has 216 valence electrons. The summed E-state index contributed by atoms with van der Waals surface area (Å²) in [6.45, 7) is 4.08. The van der Waals surface area contributed by atoms with Crippen molar-refractivity contribution < 1.29 is 9.15 Å². The van der Waals surface area contributed by atoms with Crippen molar-refractivity contribution in [2.75, 3.05) is 7.11 Å². The van der Waals surface area contributed by atoms with Gasteiger partial charge in [0.25, 0.3) is 0 Å². The molecule has 0 radical (unpaired) electrons. The van der Waals surface area contributed by atoms with Gasteiger partial charge in [-0.3, -0.25) is 0 Å². The Morgan fingerprint density at radius 2 is 1.74 bits per heavy atom. The molecular weight excluding hydrogens is 646 g/mol. The lowest BCUT2D eigenvalue weighted by Crippen LogP contribution is -2.31. The van der Waals surface area contributed by atoms with Gasteiger partial charge < -0.3 is 14.9 Å². The third kappa shape index (κ3) is 5.58. The van der Waals surface area contributed by atoms with Gasteiger partial charge in [0.05, 0.1) is 28.9 Å². The van der Waals surface area contributed by atoms with Crippen LogP contribution in [0.1, 0.15) is 34.7 Å². The zero-order valence-electron chi connectivity index (χ0n) is 23.7. The van der Waals surface area contributed by atoms with Crippen LogP contribution in [-0.4, -0.2) is 22.9 Å². The Balaban J connectivity index is 1.43. The zero-order valence-corrected chi connectivity index (χ0v) is 26.8. The van der Waals surface area contributed by atoms with E-state index in [0.29, 0.717) is 28.3 Å². The van der Waals surface area contributed by atoms with E-state index in [1.807, 2.05) is 74.5 Å². The van der Waals surface area contributed by atoms with Crippen LogP contribution in [0.25, 0.3) is 33.2 Å². The molecule has 1 aromatic heterocycles. The van der Waals surface area contributed by atoms with Crippen LogP contribution in [-0.2, 0) is 0 Å². The van der Waals surface area contributed by atoms with Crippen LogP contribution in [0.5, 0.6) is 5.75 Å². The third-order valence-corrected chi connectivity index (χ3v) is 8.75. The Bertz CT molecular complexity index is 2010. The quantitative estimate of drug-likeness (QED) is 0.149. The second-order valence-corrected chi connectivity index (χ2v) is 12.3. The average Bonchev–Trinajstić information content (AvgIpc) is 3.43. The number of hydrogen-bond donors (Lipinski definition) is 1. The standard InChI is InChI=1S/C34H27BrClN3O3S/c1-18-12-23-15-26(21-8-11-31(41-3)28(35)16-21)33(40)42-32(23)27(13-18)25-14-22(5-4-19(25)2)29-17-30(39(38-29)34(37)43)20-6-9-24(36)10-7-20/h4-16,30H,17H2,1-3H3,(H2,37,43). The fourth-order valence-corrected chi connectivity index (χ4v) is 6.38. The minimum Gasteiger partial charge on any atom is -0.496 e. The van der Waals surface area contributed by atoms with E-state index in [9.17, 15) is 4.79 Å². The second-order valence-electron chi connectivity index (χ2n) is 10.6. The monoisotopic (exact) mass is 671 g/mol. The molecule has 1 aliphatic rings. The summed E-state index contributed by atoms with van der Waals surface area (Å²) in [7, 11) is 1.60. The van der Waals surface area contributed by atoms with Crippen molar-refractivity contribution in [1.29, 1.82) is 0 Å². The zero-order chi connectivity index (χ0) is 30.4. The van der Waals surface area contributed by atoms with Gasteiger partial charge in [0.1, 0.15) is 11.3 Å². The number of halogens is 2. The highest BCUT2D eigenvalue weighted by molar-refractivity contribution is 9.10. The van der Waals surface area contributed by atoms with Crippen molar-refractivity contribution in [3.8, 4) is 28.0 Å². The SMILES string of the molecule is COc1ccc(-c2cc3cc(C)cc(-c4cc(C5=NN(C(N)=S)C(c6ccc(Cl)cc6)C5)ccc4C)c3oc2=O)cc1Br. The van der Waals surface area contributed by atoms with Crippen LogP contribution in [0.15, 0.2) is 97.6 Å². The number of ether oxygens (including phenoxy) is 1. The number of benzene rings is 4. The van der Waals surface area contributed by atoms with Gasteiger partial charge in [-0.05, 0) is 124 Å². The fourth-order valence-electron chi connectivity index (χ4n) is 5.54. The number of thiocarbonyl (C=S) groups is 1. The highest BCUT2D eigenvalue weighted by Gasteiger charge is 2.31. The molecule has 6 nitrogen and oxygen atoms in total. The van der Waals surface area contributed by atoms with Crippen LogP contribution < -0.4 is 16.1 Å². The van der Waals surface area contributed by atoms with Crippen LogP contribution in [0.3, 0.4) is 0 Å². The molecule has 0 amide bonds. The Morgan fingerprint density at radius 1 is 1.00 bits per heavy atom. The molecular formula is C34H27BrClN3O3S. The van der Waals surface area contributed by atoms with Crippen LogP contribution in [0, 0.1) is 13.8 Å². The molecule has 6 rings (SSSR count). The largest absolute Gasteiger partial charge is 0.496 e. The van der Waals surface area contributed by atoms with E-state index in [1.54, 1.807) is 12.1 Å². The maximum Gasteiger partial charge on any atom is 0.344 e. The van der Waals surface area contributed by atoms with E-state index >= 15 is 0 Å². The number of fused-ring (bicyclic) bond motifs is 1. The van der Waals surface area contributed by atoms with Crippen molar-refractivity contribution in [3.05, 3.63) is 121 Å². The summed E-state index contributed by atoms with van der Waals surface area (Å²) in [6, 6.07) is 25.2. The number of methoxy groups -OCH3 is 1. The molecule has 9 heteroatoms. The molecule has 0 saturated carbocycles. The molecule has 1 atom stereocenters. The van der Waals surface area contributed by atoms with Crippen LogP contribution in [0.4, 0.5) is 0 Å². The van der Waals surface area contributed by atoms with Crippen molar-refractivity contribution in [2.45, 2.75) is 26.3 Å². The highest BCUT2D eigenvalue weighted by Crippen LogP contribution is 2.38. The van der Waals surface area contributed by atoms with E-state index in [2.05, 4.69) is 34.1 Å². The first-order valence-electron chi connectivity index (χ1n) is 13.6. The summed E-state index contributed by atoms with van der Waals surface area (Å²) in [5.74, 6) is 0.685. The van der Waals surface area contributed by atoms with Gasteiger partial charge in [0, 0.05) is 22.4 Å². The van der Waals surface area contributed by atoms with E-state index in [4.69, 9.17) is 43.8 Å². The van der Waals surface area contributed by atoms with Gasteiger partial charge in [-0.15, -0.1) is 0 Å². The smallest absolute Gasteiger partial charge is 0.344 e. The minimum atomic E-state index is -0.415. The average molecular weight is 673 g/mol. The molecule has 4 aromatic carbocycles. The summed E-state index contributed by atoms with van der Waals surface area (Å²) >= 11 is 15.0. The minimum absolute atomic E-state index is 0.135. The molecule has 2 heterocycles. The lowest BCUT2D eigenvalue weighted by Gasteiger charge is -2.21. The first kappa shape index (κ1) is 29.1. The normalized spacial score (nSPS) is 14.7.